The summed E-state index contributed by atoms with van der Waals surface area (Å²) in [4.78, 5) is 12.6. The van der Waals surface area contributed by atoms with E-state index in [4.69, 9.17) is 5.73 Å². The molecule has 0 aliphatic carbocycles. The predicted octanol–water partition coefficient (Wildman–Crippen LogP) is 4.53. The summed E-state index contributed by atoms with van der Waals surface area (Å²) in [6, 6.07) is 23.0. The number of amides is 1. The van der Waals surface area contributed by atoms with Gasteiger partial charge < -0.3 is 11.1 Å². The SMILES string of the molecule is Nc1ccc(-c2ccccc2)cc1NC(=O)c1cn(-c2ccc(Br)cc2)nn1. The Hall–Kier alpha value is -3.45. The van der Waals surface area contributed by atoms with Gasteiger partial charge in [0.25, 0.3) is 5.91 Å². The summed E-state index contributed by atoms with van der Waals surface area (Å²) in [5.41, 5.74) is 10.1. The van der Waals surface area contributed by atoms with Gasteiger partial charge in [0.05, 0.1) is 23.3 Å². The Morgan fingerprint density at radius 1 is 0.964 bits per heavy atom. The zero-order chi connectivity index (χ0) is 19.5. The van der Waals surface area contributed by atoms with Gasteiger partial charge in [0, 0.05) is 4.47 Å². The smallest absolute Gasteiger partial charge is 0.277 e. The van der Waals surface area contributed by atoms with Crippen LogP contribution in [0.25, 0.3) is 16.8 Å². The number of benzene rings is 3. The van der Waals surface area contributed by atoms with Crippen LogP contribution in [0.5, 0.6) is 0 Å². The molecule has 0 saturated carbocycles. The molecule has 0 aliphatic heterocycles. The maximum Gasteiger partial charge on any atom is 0.277 e. The van der Waals surface area contributed by atoms with Crippen LogP contribution in [0.3, 0.4) is 0 Å². The fourth-order valence-electron chi connectivity index (χ4n) is 2.75. The number of anilines is 2. The lowest BCUT2D eigenvalue weighted by atomic mass is 10.0. The molecule has 0 aliphatic rings. The zero-order valence-corrected chi connectivity index (χ0v) is 16.3. The van der Waals surface area contributed by atoms with E-state index >= 15 is 0 Å². The highest BCUT2D eigenvalue weighted by molar-refractivity contribution is 9.10. The minimum absolute atomic E-state index is 0.201. The van der Waals surface area contributed by atoms with E-state index in [1.807, 2.05) is 66.7 Å². The molecule has 0 spiro atoms. The van der Waals surface area contributed by atoms with Crippen molar-refractivity contribution in [2.75, 3.05) is 11.1 Å². The van der Waals surface area contributed by atoms with Crippen molar-refractivity contribution in [1.29, 1.82) is 0 Å². The van der Waals surface area contributed by atoms with E-state index in [1.54, 1.807) is 16.9 Å². The lowest BCUT2D eigenvalue weighted by Gasteiger charge is -2.09. The summed E-state index contributed by atoms with van der Waals surface area (Å²) in [7, 11) is 0. The van der Waals surface area contributed by atoms with E-state index in [2.05, 4.69) is 31.6 Å². The molecule has 0 saturated heterocycles. The summed E-state index contributed by atoms with van der Waals surface area (Å²) in [6.45, 7) is 0. The van der Waals surface area contributed by atoms with Crippen LogP contribution in [0, 0.1) is 0 Å². The molecule has 0 bridgehead atoms. The molecule has 7 heteroatoms. The molecular formula is C21H16BrN5O. The maximum atomic E-state index is 12.6. The predicted molar refractivity (Wildman–Crippen MR) is 113 cm³/mol. The molecule has 138 valence electrons. The second kappa shape index (κ2) is 7.66. The first kappa shape index (κ1) is 17.9. The van der Waals surface area contributed by atoms with E-state index in [9.17, 15) is 4.79 Å². The maximum absolute atomic E-state index is 12.6. The fourth-order valence-corrected chi connectivity index (χ4v) is 3.01. The number of carbonyl (C=O) groups excluding carboxylic acids is 1. The van der Waals surface area contributed by atoms with Crippen LogP contribution in [0.1, 0.15) is 10.5 Å². The topological polar surface area (TPSA) is 85.8 Å². The van der Waals surface area contributed by atoms with Gasteiger partial charge in [-0.15, -0.1) is 5.10 Å². The van der Waals surface area contributed by atoms with Gasteiger partial charge in [-0.2, -0.15) is 0 Å². The molecule has 3 N–H and O–H groups in total. The Balaban J connectivity index is 1.56. The average molecular weight is 434 g/mol. The molecule has 4 aromatic rings. The normalized spacial score (nSPS) is 10.6. The highest BCUT2D eigenvalue weighted by atomic mass is 79.9. The van der Waals surface area contributed by atoms with Gasteiger partial charge in [-0.05, 0) is 47.5 Å². The van der Waals surface area contributed by atoms with Gasteiger partial charge in [-0.25, -0.2) is 4.68 Å². The van der Waals surface area contributed by atoms with Gasteiger partial charge in [0.15, 0.2) is 5.69 Å². The Kier molecular flexibility index (Phi) is 4.90. The highest BCUT2D eigenvalue weighted by Crippen LogP contribution is 2.27. The molecule has 1 heterocycles. The Labute approximate surface area is 170 Å². The second-order valence-electron chi connectivity index (χ2n) is 6.15. The molecule has 1 amide bonds. The van der Waals surface area contributed by atoms with E-state index in [-0.39, 0.29) is 11.6 Å². The monoisotopic (exact) mass is 433 g/mol. The summed E-state index contributed by atoms with van der Waals surface area (Å²) >= 11 is 3.39. The Bertz CT molecular complexity index is 1120. The van der Waals surface area contributed by atoms with Gasteiger partial charge in [-0.1, -0.05) is 57.5 Å². The van der Waals surface area contributed by atoms with Crippen LogP contribution in [0.4, 0.5) is 11.4 Å². The number of hydrogen-bond acceptors (Lipinski definition) is 4. The highest BCUT2D eigenvalue weighted by Gasteiger charge is 2.14. The van der Waals surface area contributed by atoms with Crippen LogP contribution in [-0.2, 0) is 0 Å². The van der Waals surface area contributed by atoms with Crippen LogP contribution >= 0.6 is 15.9 Å². The van der Waals surface area contributed by atoms with Gasteiger partial charge in [-0.3, -0.25) is 4.79 Å². The lowest BCUT2D eigenvalue weighted by molar-refractivity contribution is 0.102. The second-order valence-corrected chi connectivity index (χ2v) is 7.06. The number of rotatable bonds is 4. The van der Waals surface area contributed by atoms with Gasteiger partial charge >= 0.3 is 0 Å². The van der Waals surface area contributed by atoms with Crippen molar-refractivity contribution in [3.8, 4) is 16.8 Å². The number of nitrogen functional groups attached to an aromatic ring is 1. The Morgan fingerprint density at radius 3 is 2.46 bits per heavy atom. The lowest BCUT2D eigenvalue weighted by Crippen LogP contribution is -2.13. The van der Waals surface area contributed by atoms with Crippen molar-refractivity contribution < 1.29 is 4.79 Å². The minimum atomic E-state index is -0.375. The Morgan fingerprint density at radius 2 is 1.71 bits per heavy atom. The van der Waals surface area contributed by atoms with Crippen LogP contribution in [0.15, 0.2) is 83.5 Å². The molecule has 0 unspecified atom stereocenters. The molecular weight excluding hydrogens is 418 g/mol. The first-order valence-corrected chi connectivity index (χ1v) is 9.34. The van der Waals surface area contributed by atoms with E-state index < -0.39 is 0 Å². The summed E-state index contributed by atoms with van der Waals surface area (Å²) in [5, 5.41) is 10.8. The number of nitrogens with one attached hydrogen (secondary N) is 1. The van der Waals surface area contributed by atoms with Crippen molar-refractivity contribution in [3.05, 3.63) is 89.2 Å². The molecule has 3 aromatic carbocycles. The largest absolute Gasteiger partial charge is 0.397 e. The number of nitrogens with two attached hydrogens (primary N) is 1. The summed E-state index contributed by atoms with van der Waals surface area (Å²) in [6.07, 6.45) is 1.58. The molecule has 0 radical (unpaired) electrons. The standard InChI is InChI=1S/C21H16BrN5O/c22-16-7-9-17(10-8-16)27-13-20(25-26-27)21(28)24-19-12-15(6-11-18(19)23)14-4-2-1-3-5-14/h1-13H,23H2,(H,24,28). The van der Waals surface area contributed by atoms with Crippen molar-refractivity contribution in [2.24, 2.45) is 0 Å². The van der Waals surface area contributed by atoms with Crippen molar-refractivity contribution >= 4 is 33.2 Å². The molecule has 28 heavy (non-hydrogen) atoms. The molecule has 0 atom stereocenters. The minimum Gasteiger partial charge on any atom is -0.397 e. The molecule has 4 rings (SSSR count). The third kappa shape index (κ3) is 3.79. The van der Waals surface area contributed by atoms with Crippen LogP contribution in [0.2, 0.25) is 0 Å². The number of halogens is 1. The first-order chi connectivity index (χ1) is 13.6. The number of aromatic nitrogens is 3. The quantitative estimate of drug-likeness (QED) is 0.462. The van der Waals surface area contributed by atoms with E-state index in [0.717, 1.165) is 21.3 Å². The third-order valence-electron chi connectivity index (χ3n) is 4.23. The number of carbonyl (C=O) groups is 1. The van der Waals surface area contributed by atoms with Gasteiger partial charge in [0.2, 0.25) is 0 Å². The summed E-state index contributed by atoms with van der Waals surface area (Å²) in [5.74, 6) is -0.375. The van der Waals surface area contributed by atoms with Crippen molar-refractivity contribution in [1.82, 2.24) is 15.0 Å². The third-order valence-corrected chi connectivity index (χ3v) is 4.75. The van der Waals surface area contributed by atoms with E-state index in [0.29, 0.717) is 11.4 Å². The molecule has 6 nitrogen and oxygen atoms in total. The van der Waals surface area contributed by atoms with Crippen LogP contribution in [-0.4, -0.2) is 20.9 Å². The first-order valence-electron chi connectivity index (χ1n) is 8.55. The fraction of sp³-hybridized carbons (Fsp3) is 0. The average Bonchev–Trinajstić information content (AvgIpc) is 3.21. The molecule has 1 aromatic heterocycles. The van der Waals surface area contributed by atoms with Crippen molar-refractivity contribution in [3.63, 3.8) is 0 Å². The van der Waals surface area contributed by atoms with Crippen molar-refractivity contribution in [2.45, 2.75) is 0 Å². The van der Waals surface area contributed by atoms with E-state index in [1.165, 1.54) is 0 Å². The summed E-state index contributed by atoms with van der Waals surface area (Å²) < 4.78 is 2.51. The number of hydrogen-bond donors (Lipinski definition) is 2. The molecule has 0 fully saturated rings. The zero-order valence-electron chi connectivity index (χ0n) is 14.7. The number of nitrogens with zero attached hydrogens (tertiary/aromatic N) is 3. The van der Waals surface area contributed by atoms with Gasteiger partial charge in [0.1, 0.15) is 0 Å². The van der Waals surface area contributed by atoms with Crippen LogP contribution < -0.4 is 11.1 Å².